The van der Waals surface area contributed by atoms with Crippen molar-refractivity contribution in [2.45, 2.75) is 51.7 Å². The zero-order valence-electron chi connectivity index (χ0n) is 13.1. The van der Waals surface area contributed by atoms with E-state index in [0.717, 1.165) is 44.7 Å². The number of fused-ring (bicyclic) bond motifs is 1. The Morgan fingerprint density at radius 1 is 1.14 bits per heavy atom. The molecule has 0 radical (unpaired) electrons. The fourth-order valence-corrected chi connectivity index (χ4v) is 3.97. The fraction of sp³-hybridized carbons (Fsp3) is 0.875. The number of amides is 2. The summed E-state index contributed by atoms with van der Waals surface area (Å²) in [5.41, 5.74) is 0. The lowest BCUT2D eigenvalue weighted by atomic mass is 9.88. The molecule has 2 amide bonds. The van der Waals surface area contributed by atoms with Gasteiger partial charge in [-0.2, -0.15) is 0 Å². The minimum atomic E-state index is -0.0818. The largest absolute Gasteiger partial charge is 0.376 e. The minimum absolute atomic E-state index is 0.0558. The summed E-state index contributed by atoms with van der Waals surface area (Å²) in [7, 11) is 0. The third-order valence-corrected chi connectivity index (χ3v) is 5.36. The van der Waals surface area contributed by atoms with Crippen molar-refractivity contribution in [1.82, 2.24) is 9.80 Å². The van der Waals surface area contributed by atoms with Gasteiger partial charge >= 0.3 is 0 Å². The van der Waals surface area contributed by atoms with Crippen molar-refractivity contribution in [3.63, 3.8) is 0 Å². The first-order chi connectivity index (χ1) is 10.1. The molecule has 118 valence electrons. The van der Waals surface area contributed by atoms with Crippen molar-refractivity contribution in [3.8, 4) is 0 Å². The quantitative estimate of drug-likeness (QED) is 0.732. The Kier molecular flexibility index (Phi) is 4.20. The van der Waals surface area contributed by atoms with Crippen LogP contribution in [0.25, 0.3) is 0 Å². The summed E-state index contributed by atoms with van der Waals surface area (Å²) >= 11 is 0. The van der Waals surface area contributed by atoms with Crippen LogP contribution in [0, 0.1) is 11.8 Å². The van der Waals surface area contributed by atoms with E-state index in [1.165, 1.54) is 0 Å². The van der Waals surface area contributed by atoms with Crippen LogP contribution in [0.15, 0.2) is 0 Å². The number of rotatable bonds is 1. The number of ether oxygens (including phenoxy) is 1. The van der Waals surface area contributed by atoms with Gasteiger partial charge in [0.05, 0.1) is 18.1 Å². The summed E-state index contributed by atoms with van der Waals surface area (Å²) in [5, 5.41) is 0. The van der Waals surface area contributed by atoms with Crippen molar-refractivity contribution < 1.29 is 14.3 Å². The highest BCUT2D eigenvalue weighted by Gasteiger charge is 2.44. The van der Waals surface area contributed by atoms with Crippen LogP contribution in [-0.2, 0) is 14.3 Å². The van der Waals surface area contributed by atoms with E-state index >= 15 is 0 Å². The second-order valence-electron chi connectivity index (χ2n) is 6.88. The molecule has 0 spiro atoms. The lowest BCUT2D eigenvalue weighted by Gasteiger charge is -2.42. The maximum Gasteiger partial charge on any atom is 0.227 e. The summed E-state index contributed by atoms with van der Waals surface area (Å²) in [5.74, 6) is 0.931. The second-order valence-corrected chi connectivity index (χ2v) is 6.88. The molecule has 0 saturated carbocycles. The molecule has 5 heteroatoms. The average molecular weight is 294 g/mol. The van der Waals surface area contributed by atoms with Gasteiger partial charge in [-0.05, 0) is 31.6 Å². The van der Waals surface area contributed by atoms with E-state index in [2.05, 4.69) is 6.92 Å². The van der Waals surface area contributed by atoms with Gasteiger partial charge in [0, 0.05) is 33.2 Å². The van der Waals surface area contributed by atoms with Crippen LogP contribution in [0.3, 0.4) is 0 Å². The monoisotopic (exact) mass is 294 g/mol. The van der Waals surface area contributed by atoms with E-state index in [4.69, 9.17) is 4.74 Å². The van der Waals surface area contributed by atoms with Crippen LogP contribution in [0.1, 0.15) is 39.5 Å². The number of hydrogen-bond acceptors (Lipinski definition) is 3. The maximum atomic E-state index is 12.7. The van der Waals surface area contributed by atoms with E-state index in [-0.39, 0.29) is 29.9 Å². The molecule has 21 heavy (non-hydrogen) atoms. The average Bonchev–Trinajstić information content (AvgIpc) is 2.94. The Balaban J connectivity index is 1.67. The molecule has 3 saturated heterocycles. The van der Waals surface area contributed by atoms with Crippen LogP contribution < -0.4 is 0 Å². The molecule has 0 N–H and O–H groups in total. The fourth-order valence-electron chi connectivity index (χ4n) is 3.97. The van der Waals surface area contributed by atoms with Crippen molar-refractivity contribution in [2.75, 3.05) is 26.2 Å². The first-order valence-corrected chi connectivity index (χ1v) is 8.24. The molecule has 3 rings (SSSR count). The number of nitrogens with zero attached hydrogens (tertiary/aromatic N) is 2. The Morgan fingerprint density at radius 3 is 2.52 bits per heavy atom. The highest BCUT2D eigenvalue weighted by molar-refractivity contribution is 5.81. The number of piperidine rings is 2. The first kappa shape index (κ1) is 14.8. The molecular weight excluding hydrogens is 268 g/mol. The third kappa shape index (κ3) is 2.93. The molecule has 0 unspecified atom stereocenters. The number of likely N-dealkylation sites (tertiary alicyclic amines) is 2. The first-order valence-electron chi connectivity index (χ1n) is 8.24. The zero-order valence-corrected chi connectivity index (χ0v) is 13.1. The Labute approximate surface area is 126 Å². The van der Waals surface area contributed by atoms with E-state index in [1.807, 2.05) is 9.80 Å². The van der Waals surface area contributed by atoms with Gasteiger partial charge in [0.25, 0.3) is 0 Å². The molecule has 3 aliphatic rings. The van der Waals surface area contributed by atoms with Gasteiger partial charge in [-0.15, -0.1) is 0 Å². The molecule has 0 aliphatic carbocycles. The van der Waals surface area contributed by atoms with E-state index in [0.29, 0.717) is 13.2 Å². The molecule has 0 aromatic carbocycles. The molecule has 0 bridgehead atoms. The van der Waals surface area contributed by atoms with Crippen molar-refractivity contribution in [3.05, 3.63) is 0 Å². The van der Waals surface area contributed by atoms with Crippen LogP contribution in [-0.4, -0.2) is 60.0 Å². The molecule has 0 aromatic rings. The molecule has 3 atom stereocenters. The van der Waals surface area contributed by atoms with Crippen molar-refractivity contribution in [1.29, 1.82) is 0 Å². The van der Waals surface area contributed by atoms with Crippen LogP contribution in [0.2, 0.25) is 0 Å². The topological polar surface area (TPSA) is 49.9 Å². The molecule has 3 heterocycles. The third-order valence-electron chi connectivity index (χ3n) is 5.36. The summed E-state index contributed by atoms with van der Waals surface area (Å²) < 4.78 is 5.76. The zero-order chi connectivity index (χ0) is 15.0. The van der Waals surface area contributed by atoms with Gasteiger partial charge in [-0.25, -0.2) is 0 Å². The van der Waals surface area contributed by atoms with Crippen molar-refractivity contribution in [2.24, 2.45) is 11.8 Å². The molecule has 5 nitrogen and oxygen atoms in total. The highest BCUT2D eigenvalue weighted by Crippen LogP contribution is 2.32. The Hall–Kier alpha value is -1.10. The minimum Gasteiger partial charge on any atom is -0.376 e. The Morgan fingerprint density at radius 2 is 1.86 bits per heavy atom. The standard InChI is InChI=1S/C16H26N2O3/c1-11-3-6-17(7-4-11)16(20)13-9-15-14(5-8-21-15)18(10-13)12(2)19/h11,13-15H,3-10H2,1-2H3/t13-,14+,15+/m0/s1. The molecule has 3 fully saturated rings. The normalized spacial score (nSPS) is 33.9. The van der Waals surface area contributed by atoms with Gasteiger partial charge < -0.3 is 14.5 Å². The lowest BCUT2D eigenvalue weighted by Crippen LogP contribution is -2.55. The predicted molar refractivity (Wildman–Crippen MR) is 78.6 cm³/mol. The van der Waals surface area contributed by atoms with Crippen molar-refractivity contribution >= 4 is 11.8 Å². The number of carbonyl (C=O) groups is 2. The summed E-state index contributed by atoms with van der Waals surface area (Å²) in [6.07, 6.45) is 3.93. The Bertz CT molecular complexity index is 418. The SMILES string of the molecule is CC(=O)N1C[C@@H](C(=O)N2CCC(C)CC2)C[C@H]2OCC[C@H]21. The lowest BCUT2D eigenvalue weighted by molar-refractivity contribution is -0.146. The molecule has 0 aromatic heterocycles. The van der Waals surface area contributed by atoms with Crippen LogP contribution >= 0.6 is 0 Å². The highest BCUT2D eigenvalue weighted by atomic mass is 16.5. The smallest absolute Gasteiger partial charge is 0.227 e. The van der Waals surface area contributed by atoms with Gasteiger partial charge in [0.1, 0.15) is 0 Å². The number of carbonyl (C=O) groups excluding carboxylic acids is 2. The summed E-state index contributed by atoms with van der Waals surface area (Å²) in [6, 6.07) is 0.188. The summed E-state index contributed by atoms with van der Waals surface area (Å²) in [6.45, 7) is 6.87. The number of hydrogen-bond donors (Lipinski definition) is 0. The van der Waals surface area contributed by atoms with E-state index in [1.54, 1.807) is 6.92 Å². The van der Waals surface area contributed by atoms with Crippen LogP contribution in [0.4, 0.5) is 0 Å². The molecular formula is C16H26N2O3. The maximum absolute atomic E-state index is 12.7. The van der Waals surface area contributed by atoms with Gasteiger partial charge in [-0.1, -0.05) is 6.92 Å². The van der Waals surface area contributed by atoms with Crippen LogP contribution in [0.5, 0.6) is 0 Å². The van der Waals surface area contributed by atoms with E-state index in [9.17, 15) is 9.59 Å². The summed E-state index contributed by atoms with van der Waals surface area (Å²) in [4.78, 5) is 28.5. The molecule has 3 aliphatic heterocycles. The second kappa shape index (κ2) is 5.95. The van der Waals surface area contributed by atoms with E-state index < -0.39 is 0 Å². The predicted octanol–water partition coefficient (Wildman–Crippen LogP) is 1.27. The van der Waals surface area contributed by atoms with Gasteiger partial charge in [0.2, 0.25) is 11.8 Å². The van der Waals surface area contributed by atoms with Gasteiger partial charge in [-0.3, -0.25) is 9.59 Å². The van der Waals surface area contributed by atoms with Gasteiger partial charge in [0.15, 0.2) is 0 Å².